The summed E-state index contributed by atoms with van der Waals surface area (Å²) in [6.07, 6.45) is 1.05. The monoisotopic (exact) mass is 298 g/mol. The molecule has 1 aromatic rings. The molecule has 2 heterocycles. The third-order valence-corrected chi connectivity index (χ3v) is 4.11. The van der Waals surface area contributed by atoms with Gasteiger partial charge in [0, 0.05) is 18.5 Å². The fraction of sp³-hybridized carbons (Fsp3) is 0.714. The van der Waals surface area contributed by atoms with Gasteiger partial charge in [-0.2, -0.15) is 0 Å². The van der Waals surface area contributed by atoms with Crippen molar-refractivity contribution in [2.24, 2.45) is 0 Å². The Kier molecular flexibility index (Phi) is 5.12. The molecule has 112 valence electrons. The van der Waals surface area contributed by atoms with Crippen molar-refractivity contribution >= 4 is 17.2 Å². The van der Waals surface area contributed by atoms with E-state index in [1.165, 1.54) is 11.3 Å². The van der Waals surface area contributed by atoms with Gasteiger partial charge in [-0.25, -0.2) is 4.98 Å². The van der Waals surface area contributed by atoms with E-state index in [0.29, 0.717) is 18.8 Å². The summed E-state index contributed by atoms with van der Waals surface area (Å²) < 4.78 is 5.62. The Hall–Kier alpha value is -0.980. The lowest BCUT2D eigenvalue weighted by Gasteiger charge is -2.17. The van der Waals surface area contributed by atoms with Gasteiger partial charge in [0.25, 0.3) is 5.91 Å². The number of ether oxygens (including phenoxy) is 1. The summed E-state index contributed by atoms with van der Waals surface area (Å²) in [4.78, 5) is 18.3. The highest BCUT2D eigenvalue weighted by Crippen LogP contribution is 2.19. The number of amides is 1. The van der Waals surface area contributed by atoms with Crippen molar-refractivity contribution < 1.29 is 14.6 Å². The second-order valence-corrected chi connectivity index (χ2v) is 6.32. The van der Waals surface area contributed by atoms with E-state index in [9.17, 15) is 9.90 Å². The molecule has 0 aliphatic carbocycles. The van der Waals surface area contributed by atoms with Crippen molar-refractivity contribution in [3.05, 3.63) is 16.1 Å². The number of carbonyl (C=O) groups excluding carboxylic acids is 1. The van der Waals surface area contributed by atoms with E-state index < -0.39 is 6.10 Å². The lowest BCUT2D eigenvalue weighted by Crippen LogP contribution is -2.31. The molecule has 0 radical (unpaired) electrons. The Balaban J connectivity index is 1.99. The molecule has 20 heavy (non-hydrogen) atoms. The molecular formula is C14H22N2O3S. The zero-order valence-corrected chi connectivity index (χ0v) is 13.0. The first-order valence-electron chi connectivity index (χ1n) is 7.08. The molecule has 1 aliphatic heterocycles. The minimum Gasteiger partial charge on any atom is -0.388 e. The Morgan fingerprint density at radius 3 is 3.00 bits per heavy atom. The van der Waals surface area contributed by atoms with Crippen molar-refractivity contribution in [2.45, 2.75) is 51.9 Å². The van der Waals surface area contributed by atoms with Crippen LogP contribution in [-0.4, -0.2) is 52.3 Å². The molecule has 0 saturated carbocycles. The van der Waals surface area contributed by atoms with Crippen molar-refractivity contribution in [3.63, 3.8) is 0 Å². The number of rotatable bonds is 5. The van der Waals surface area contributed by atoms with Gasteiger partial charge in [0.1, 0.15) is 11.8 Å². The highest BCUT2D eigenvalue weighted by Gasteiger charge is 2.36. The summed E-state index contributed by atoms with van der Waals surface area (Å²) in [5.74, 6) is -0.113. The largest absolute Gasteiger partial charge is 0.388 e. The van der Waals surface area contributed by atoms with Crippen LogP contribution < -0.4 is 0 Å². The van der Waals surface area contributed by atoms with Gasteiger partial charge in [-0.3, -0.25) is 4.79 Å². The molecule has 6 heteroatoms. The zero-order valence-electron chi connectivity index (χ0n) is 12.2. The minimum atomic E-state index is -0.616. The van der Waals surface area contributed by atoms with E-state index in [1.807, 2.05) is 13.8 Å². The SMILES string of the molecule is CCCc1nc(C(=O)N2C[C@H](OC(C)C)[C@@H](O)C2)cs1. The topological polar surface area (TPSA) is 62.7 Å². The van der Waals surface area contributed by atoms with E-state index in [2.05, 4.69) is 11.9 Å². The number of aryl methyl sites for hydroxylation is 1. The summed E-state index contributed by atoms with van der Waals surface area (Å²) in [5, 5.41) is 12.7. The normalized spacial score (nSPS) is 22.8. The number of likely N-dealkylation sites (tertiary alicyclic amines) is 1. The molecule has 0 aromatic carbocycles. The molecule has 1 amide bonds. The zero-order chi connectivity index (χ0) is 14.7. The van der Waals surface area contributed by atoms with Gasteiger partial charge < -0.3 is 14.7 Å². The average Bonchev–Trinajstić information content (AvgIpc) is 2.97. The van der Waals surface area contributed by atoms with Gasteiger partial charge in [0.15, 0.2) is 0 Å². The number of nitrogens with zero attached hydrogens (tertiary/aromatic N) is 2. The Morgan fingerprint density at radius 2 is 2.35 bits per heavy atom. The van der Waals surface area contributed by atoms with Gasteiger partial charge in [0.2, 0.25) is 0 Å². The van der Waals surface area contributed by atoms with Crippen LogP contribution >= 0.6 is 11.3 Å². The second kappa shape index (κ2) is 6.65. The van der Waals surface area contributed by atoms with E-state index in [-0.39, 0.29) is 18.1 Å². The van der Waals surface area contributed by atoms with Gasteiger partial charge in [-0.05, 0) is 26.7 Å². The van der Waals surface area contributed by atoms with Crippen LogP contribution in [0.4, 0.5) is 0 Å². The summed E-state index contributed by atoms with van der Waals surface area (Å²) in [6.45, 7) is 6.69. The molecule has 1 N–H and O–H groups in total. The predicted octanol–water partition coefficient (Wildman–Crippen LogP) is 1.71. The molecule has 1 fully saturated rings. The van der Waals surface area contributed by atoms with Crippen LogP contribution in [0.5, 0.6) is 0 Å². The summed E-state index contributed by atoms with van der Waals surface area (Å²) >= 11 is 1.52. The highest BCUT2D eigenvalue weighted by atomic mass is 32.1. The summed E-state index contributed by atoms with van der Waals surface area (Å²) in [7, 11) is 0. The third kappa shape index (κ3) is 3.56. The number of hydrogen-bond donors (Lipinski definition) is 1. The Morgan fingerprint density at radius 1 is 1.60 bits per heavy atom. The van der Waals surface area contributed by atoms with Crippen LogP contribution in [-0.2, 0) is 11.2 Å². The lowest BCUT2D eigenvalue weighted by atomic mass is 10.2. The van der Waals surface area contributed by atoms with E-state index in [1.54, 1.807) is 10.3 Å². The molecule has 0 unspecified atom stereocenters. The smallest absolute Gasteiger partial charge is 0.273 e. The average molecular weight is 298 g/mol. The lowest BCUT2D eigenvalue weighted by molar-refractivity contribution is -0.0394. The fourth-order valence-corrected chi connectivity index (χ4v) is 3.18. The Bertz CT molecular complexity index is 461. The second-order valence-electron chi connectivity index (χ2n) is 5.38. The van der Waals surface area contributed by atoms with Crippen LogP contribution in [0.15, 0.2) is 5.38 Å². The van der Waals surface area contributed by atoms with Crippen molar-refractivity contribution in [2.75, 3.05) is 13.1 Å². The summed E-state index contributed by atoms with van der Waals surface area (Å²) in [6, 6.07) is 0. The van der Waals surface area contributed by atoms with Crippen molar-refractivity contribution in [1.29, 1.82) is 0 Å². The number of aliphatic hydroxyl groups is 1. The number of β-amino-alcohol motifs (C(OH)–C–C–N with tert-alkyl or cyclic N) is 1. The quantitative estimate of drug-likeness (QED) is 0.899. The molecule has 1 aromatic heterocycles. The number of carbonyl (C=O) groups is 1. The Labute approximate surface area is 123 Å². The van der Waals surface area contributed by atoms with E-state index in [4.69, 9.17) is 4.74 Å². The molecule has 2 atom stereocenters. The fourth-order valence-electron chi connectivity index (χ4n) is 2.31. The van der Waals surface area contributed by atoms with Gasteiger partial charge in [0.05, 0.1) is 17.2 Å². The number of thiazole rings is 1. The first kappa shape index (κ1) is 15.4. The van der Waals surface area contributed by atoms with Crippen LogP contribution in [0.25, 0.3) is 0 Å². The molecule has 0 spiro atoms. The maximum atomic E-state index is 12.3. The maximum Gasteiger partial charge on any atom is 0.273 e. The van der Waals surface area contributed by atoms with Crippen LogP contribution in [0.2, 0.25) is 0 Å². The van der Waals surface area contributed by atoms with Gasteiger partial charge in [-0.1, -0.05) is 6.92 Å². The third-order valence-electron chi connectivity index (χ3n) is 3.21. The number of aliphatic hydroxyl groups excluding tert-OH is 1. The number of hydrogen-bond acceptors (Lipinski definition) is 5. The molecular weight excluding hydrogens is 276 g/mol. The molecule has 0 bridgehead atoms. The van der Waals surface area contributed by atoms with Crippen LogP contribution in [0, 0.1) is 0 Å². The van der Waals surface area contributed by atoms with Crippen LogP contribution in [0.1, 0.15) is 42.7 Å². The maximum absolute atomic E-state index is 12.3. The first-order valence-corrected chi connectivity index (χ1v) is 7.96. The summed E-state index contributed by atoms with van der Waals surface area (Å²) in [5.41, 5.74) is 0.482. The number of aromatic nitrogens is 1. The van der Waals surface area contributed by atoms with Crippen LogP contribution in [0.3, 0.4) is 0 Å². The van der Waals surface area contributed by atoms with Crippen molar-refractivity contribution in [3.8, 4) is 0 Å². The first-order chi connectivity index (χ1) is 9.51. The highest BCUT2D eigenvalue weighted by molar-refractivity contribution is 7.09. The predicted molar refractivity (Wildman–Crippen MR) is 78.0 cm³/mol. The molecule has 1 saturated heterocycles. The standard InChI is InChI=1S/C14H22N2O3S/c1-4-5-13-15-10(8-20-13)14(18)16-6-11(17)12(7-16)19-9(2)3/h8-9,11-12,17H,4-7H2,1-3H3/t11-,12-/m0/s1. The van der Waals surface area contributed by atoms with E-state index >= 15 is 0 Å². The minimum absolute atomic E-state index is 0.0418. The van der Waals surface area contributed by atoms with E-state index in [0.717, 1.165) is 17.8 Å². The molecule has 5 nitrogen and oxygen atoms in total. The molecule has 2 rings (SSSR count). The van der Waals surface area contributed by atoms with Gasteiger partial charge >= 0.3 is 0 Å². The molecule has 1 aliphatic rings. The van der Waals surface area contributed by atoms with Gasteiger partial charge in [-0.15, -0.1) is 11.3 Å². The van der Waals surface area contributed by atoms with Crippen molar-refractivity contribution in [1.82, 2.24) is 9.88 Å².